The zero-order valence-corrected chi connectivity index (χ0v) is 35.1. The van der Waals surface area contributed by atoms with Crippen LogP contribution in [0.3, 0.4) is 0 Å². The Kier molecular flexibility index (Phi) is 17.7. The lowest BCUT2D eigenvalue weighted by molar-refractivity contribution is -0.830. The smallest absolute Gasteiger partial charge is 0.303 e. The summed E-state index contributed by atoms with van der Waals surface area (Å²) in [5.74, 6) is -0.870. The van der Waals surface area contributed by atoms with E-state index < -0.39 is 43.8 Å². The topological polar surface area (TPSA) is 254 Å². The van der Waals surface area contributed by atoms with Crippen LogP contribution in [0.15, 0.2) is 82.6 Å². The van der Waals surface area contributed by atoms with Crippen molar-refractivity contribution in [2.45, 2.75) is 86.8 Å². The van der Waals surface area contributed by atoms with Crippen LogP contribution in [0.5, 0.6) is 0 Å². The number of carboxylic acids is 1. The Labute approximate surface area is 346 Å². The second kappa shape index (κ2) is 22.0. The van der Waals surface area contributed by atoms with Crippen molar-refractivity contribution in [1.29, 1.82) is 0 Å². The minimum Gasteiger partial charge on any atom is -0.501 e. The molecular formula is C37H49N2O19S2+. The number of benzene rings is 2. The first-order valence-corrected chi connectivity index (χ1v) is 21.3. The van der Waals surface area contributed by atoms with Gasteiger partial charge in [-0.3, -0.25) is 13.9 Å². The van der Waals surface area contributed by atoms with Gasteiger partial charge in [0.05, 0.1) is 22.3 Å². The zero-order chi connectivity index (χ0) is 44.0. The van der Waals surface area contributed by atoms with Gasteiger partial charge in [0, 0.05) is 80.7 Å². The van der Waals surface area contributed by atoms with E-state index >= 15 is 0 Å². The summed E-state index contributed by atoms with van der Waals surface area (Å²) in [6.45, 7) is 8.59. The highest BCUT2D eigenvalue weighted by molar-refractivity contribution is 7.86. The molecule has 0 aliphatic carbocycles. The van der Waals surface area contributed by atoms with Crippen LogP contribution >= 0.6 is 0 Å². The number of anilines is 1. The first kappa shape index (κ1) is 48.3. The van der Waals surface area contributed by atoms with Gasteiger partial charge >= 0.3 is 5.97 Å². The van der Waals surface area contributed by atoms with E-state index in [0.717, 1.165) is 35.3 Å². The first-order valence-electron chi connectivity index (χ1n) is 18.4. The Hall–Kier alpha value is -4.34. The third-order valence-corrected chi connectivity index (χ3v) is 11.6. The fourth-order valence-corrected chi connectivity index (χ4v) is 8.15. The van der Waals surface area contributed by atoms with Crippen molar-refractivity contribution in [2.75, 3.05) is 38.5 Å². The van der Waals surface area contributed by atoms with Crippen molar-refractivity contribution in [3.63, 3.8) is 0 Å². The highest BCUT2D eigenvalue weighted by atomic mass is 32.2. The molecule has 0 aromatic heterocycles. The van der Waals surface area contributed by atoms with Crippen molar-refractivity contribution >= 4 is 43.3 Å². The van der Waals surface area contributed by atoms with Gasteiger partial charge in [0.2, 0.25) is 5.69 Å². The maximum atomic E-state index is 12.2. The Bertz CT molecular complexity index is 2140. The summed E-state index contributed by atoms with van der Waals surface area (Å²) in [7, 11) is -7.64. The van der Waals surface area contributed by atoms with Gasteiger partial charge in [-0.05, 0) is 110 Å². The van der Waals surface area contributed by atoms with Crippen LogP contribution in [-0.2, 0) is 90.4 Å². The molecule has 0 bridgehead atoms. The number of carbonyl (C=O) groups is 1. The van der Waals surface area contributed by atoms with E-state index in [1.807, 2.05) is 45.9 Å². The van der Waals surface area contributed by atoms with Gasteiger partial charge in [-0.15, -0.1) is 0 Å². The quantitative estimate of drug-likeness (QED) is 0.0183. The van der Waals surface area contributed by atoms with Gasteiger partial charge in [0.1, 0.15) is 12.8 Å². The zero-order valence-electron chi connectivity index (χ0n) is 33.5. The number of hydrogen-bond acceptors (Lipinski definition) is 17. The van der Waals surface area contributed by atoms with Crippen molar-refractivity contribution in [2.24, 2.45) is 0 Å². The molecule has 0 amide bonds. The summed E-state index contributed by atoms with van der Waals surface area (Å²) < 4.78 is 80.6. The van der Waals surface area contributed by atoms with E-state index in [9.17, 15) is 30.7 Å². The lowest BCUT2D eigenvalue weighted by atomic mass is 9.77. The van der Waals surface area contributed by atoms with E-state index in [-0.39, 0.29) is 22.8 Å². The SMILES string of the molecule is CCN1C(=CC=CC2=[N+](CCCCCC(=O)O)c3ccc(S(=O)(=O)O)cc3C2(C)C)C(C)(CCCOCOOOOOOOOO/C=C/OC)c2cc(S(=O)(=O)O)ccc21. The van der Waals surface area contributed by atoms with Crippen LogP contribution < -0.4 is 4.90 Å². The van der Waals surface area contributed by atoms with E-state index in [1.165, 1.54) is 31.4 Å². The summed E-state index contributed by atoms with van der Waals surface area (Å²) in [6, 6.07) is 8.94. The van der Waals surface area contributed by atoms with Crippen molar-refractivity contribution in [1.82, 2.24) is 0 Å². The van der Waals surface area contributed by atoms with E-state index in [0.29, 0.717) is 56.3 Å². The second-order valence-electron chi connectivity index (χ2n) is 14.0. The lowest BCUT2D eigenvalue weighted by Crippen LogP contribution is -2.29. The number of carboxylic acid groups (broad SMARTS) is 1. The average Bonchev–Trinajstić information content (AvgIpc) is 3.55. The minimum absolute atomic E-state index is 0.0510. The maximum Gasteiger partial charge on any atom is 0.303 e. The fourth-order valence-electron chi connectivity index (χ4n) is 7.14. The standard InChI is InChI=1S/C37H48N2O19S2/c1-6-38-32-18-16-28(60(45,46)47)25-30(32)37(4,19-11-21-49-26-51-53-55-57-58-56-54-52-50-23-22-48-5)34(38)13-10-12-33-36(2,3)29-24-27(59(42,43)44)15-17-31(29)39(33)20-9-7-8-14-35(40)41/h10,12-13,15-18,22-25H,6-9,11,14,19-21,26H2,1-5H3,(H2-,40,41,42,43,44,45,46,47)/p+1/b23-22+. The van der Waals surface area contributed by atoms with Crippen LogP contribution in [0.1, 0.15) is 77.3 Å². The van der Waals surface area contributed by atoms with Gasteiger partial charge in [0.15, 0.2) is 18.8 Å². The van der Waals surface area contributed by atoms with Gasteiger partial charge in [-0.25, -0.2) is 0 Å². The largest absolute Gasteiger partial charge is 0.501 e. The predicted molar refractivity (Wildman–Crippen MR) is 205 cm³/mol. The van der Waals surface area contributed by atoms with Crippen LogP contribution in [0, 0.1) is 0 Å². The maximum absolute atomic E-state index is 12.2. The first-order chi connectivity index (χ1) is 28.5. The molecule has 0 fully saturated rings. The molecule has 0 saturated carbocycles. The van der Waals surface area contributed by atoms with Gasteiger partial charge in [-0.1, -0.05) is 6.08 Å². The summed E-state index contributed by atoms with van der Waals surface area (Å²) >= 11 is 0. The number of ether oxygens (including phenoxy) is 2. The molecule has 2 heterocycles. The highest BCUT2D eigenvalue weighted by Gasteiger charge is 2.46. The molecule has 23 heteroatoms. The average molecular weight is 890 g/mol. The monoisotopic (exact) mass is 889 g/mol. The predicted octanol–water partition coefficient (Wildman–Crippen LogP) is 5.78. The summed E-state index contributed by atoms with van der Waals surface area (Å²) in [4.78, 5) is 21.6. The molecule has 1 unspecified atom stereocenters. The number of nitrogens with zero attached hydrogens (tertiary/aromatic N) is 2. The molecule has 2 aromatic carbocycles. The molecule has 4 rings (SSSR count). The molecule has 0 saturated heterocycles. The number of unbranched alkanes of at least 4 members (excludes halogenated alkanes) is 2. The van der Waals surface area contributed by atoms with Crippen LogP contribution in [0.2, 0.25) is 0 Å². The molecule has 1 atom stereocenters. The lowest BCUT2D eigenvalue weighted by Gasteiger charge is -2.30. The van der Waals surface area contributed by atoms with E-state index in [4.69, 9.17) is 9.84 Å². The number of rotatable bonds is 27. The normalized spacial score (nSPS) is 18.2. The third kappa shape index (κ3) is 12.6. The molecule has 0 spiro atoms. The van der Waals surface area contributed by atoms with Crippen molar-refractivity contribution in [3.05, 3.63) is 84.0 Å². The summed E-state index contributed by atoms with van der Waals surface area (Å²) in [6.07, 6.45) is 10.6. The highest BCUT2D eigenvalue weighted by Crippen LogP contribution is 2.51. The molecule has 2 aliphatic heterocycles. The Morgan fingerprint density at radius 2 is 1.48 bits per heavy atom. The minimum atomic E-state index is -4.53. The number of methoxy groups -OCH3 is 1. The van der Waals surface area contributed by atoms with Crippen LogP contribution in [-0.4, -0.2) is 80.9 Å². The Morgan fingerprint density at radius 3 is 2.13 bits per heavy atom. The summed E-state index contributed by atoms with van der Waals surface area (Å²) in [5, 5.41) is 37.0. The third-order valence-electron chi connectivity index (χ3n) is 9.86. The molecule has 21 nitrogen and oxygen atoms in total. The Morgan fingerprint density at radius 1 is 0.833 bits per heavy atom. The molecule has 2 aromatic rings. The van der Waals surface area contributed by atoms with E-state index in [2.05, 4.69) is 59.3 Å². The van der Waals surface area contributed by atoms with Gasteiger partial charge in [0.25, 0.3) is 20.2 Å². The number of allylic oxidation sites excluding steroid dienone is 4. The van der Waals surface area contributed by atoms with Crippen LogP contribution in [0.4, 0.5) is 11.4 Å². The molecular weight excluding hydrogens is 841 g/mol. The summed E-state index contributed by atoms with van der Waals surface area (Å²) in [5.41, 5.74) is 3.02. The molecule has 2 aliphatic rings. The number of likely N-dealkylation sites (N-methyl/N-ethyl adjacent to an activating group) is 1. The fraction of sp³-hybridized carbons (Fsp3) is 0.459. The van der Waals surface area contributed by atoms with Gasteiger partial charge < -0.3 is 24.4 Å². The van der Waals surface area contributed by atoms with Crippen molar-refractivity contribution < 1.29 is 94.9 Å². The molecule has 60 heavy (non-hydrogen) atoms. The Balaban J connectivity index is 1.52. The second-order valence-corrected chi connectivity index (χ2v) is 16.8. The molecule has 332 valence electrons. The van der Waals surface area contributed by atoms with Crippen molar-refractivity contribution in [3.8, 4) is 0 Å². The number of fused-ring (bicyclic) bond motifs is 2. The van der Waals surface area contributed by atoms with E-state index in [1.54, 1.807) is 12.1 Å². The molecule has 0 radical (unpaired) electrons. The van der Waals surface area contributed by atoms with Crippen LogP contribution in [0.25, 0.3) is 0 Å². The molecule has 3 N–H and O–H groups in total. The van der Waals surface area contributed by atoms with Gasteiger partial charge in [-0.2, -0.15) is 26.3 Å². The number of hydrogen-bond donors (Lipinski definition) is 3. The number of aliphatic carboxylic acids is 1.